The van der Waals surface area contributed by atoms with Crippen LogP contribution in [0.3, 0.4) is 0 Å². The molecule has 5 nitrogen and oxygen atoms in total. The minimum absolute atomic E-state index is 0.275. The topological polar surface area (TPSA) is 84.6 Å². The average Bonchev–Trinajstić information content (AvgIpc) is 2.35. The summed E-state index contributed by atoms with van der Waals surface area (Å²) in [6.07, 6.45) is 0.386. The Kier molecular flexibility index (Phi) is 5.12. The molecule has 0 spiro atoms. The van der Waals surface area contributed by atoms with Gasteiger partial charge in [0.15, 0.2) is 0 Å². The first-order chi connectivity index (χ1) is 8.59. The van der Waals surface area contributed by atoms with Gasteiger partial charge in [0.2, 0.25) is 0 Å². The number of benzene rings is 1. The first kappa shape index (κ1) is 14.0. The van der Waals surface area contributed by atoms with E-state index < -0.39 is 5.54 Å². The molecule has 1 N–H and O–H groups in total. The van der Waals surface area contributed by atoms with Gasteiger partial charge in [-0.1, -0.05) is 17.2 Å². The van der Waals surface area contributed by atoms with Crippen LogP contribution < -0.4 is 5.32 Å². The summed E-state index contributed by atoms with van der Waals surface area (Å²) in [4.78, 5) is 2.63. The lowest BCUT2D eigenvalue weighted by atomic mass is 9.94. The molecule has 0 saturated carbocycles. The molecule has 0 aliphatic rings. The van der Waals surface area contributed by atoms with Crippen LogP contribution in [0.1, 0.15) is 12.5 Å². The molecule has 18 heavy (non-hydrogen) atoms. The van der Waals surface area contributed by atoms with Gasteiger partial charge in [-0.2, -0.15) is 5.26 Å². The van der Waals surface area contributed by atoms with Gasteiger partial charge in [0.1, 0.15) is 11.4 Å². The molecule has 0 saturated heterocycles. The standard InChI is InChI=1S/C12H14FN5/c1-12(9-14,16-5-6-17-18-15)8-10-3-2-4-11(13)7-10/h2-4,7,16H,5-6,8H2,1H3. The monoisotopic (exact) mass is 247 g/mol. The molecule has 1 aromatic carbocycles. The maximum absolute atomic E-state index is 13.0. The van der Waals surface area contributed by atoms with Gasteiger partial charge in [-0.15, -0.1) is 0 Å². The molecule has 1 unspecified atom stereocenters. The molecule has 0 fully saturated rings. The van der Waals surface area contributed by atoms with Crippen molar-refractivity contribution in [3.63, 3.8) is 0 Å². The fourth-order valence-electron chi connectivity index (χ4n) is 1.62. The van der Waals surface area contributed by atoms with Crippen LogP contribution in [0.5, 0.6) is 0 Å². The van der Waals surface area contributed by atoms with Crippen molar-refractivity contribution in [2.45, 2.75) is 18.9 Å². The number of azide groups is 1. The lowest BCUT2D eigenvalue weighted by Crippen LogP contribution is -2.44. The van der Waals surface area contributed by atoms with E-state index in [2.05, 4.69) is 21.4 Å². The van der Waals surface area contributed by atoms with Crippen molar-refractivity contribution >= 4 is 0 Å². The van der Waals surface area contributed by atoms with Gasteiger partial charge < -0.3 is 0 Å². The second-order valence-electron chi connectivity index (χ2n) is 4.13. The van der Waals surface area contributed by atoms with Gasteiger partial charge in [0, 0.05) is 24.4 Å². The molecule has 1 atom stereocenters. The molecule has 0 heterocycles. The van der Waals surface area contributed by atoms with E-state index in [0.717, 1.165) is 5.56 Å². The highest BCUT2D eigenvalue weighted by molar-refractivity contribution is 5.22. The van der Waals surface area contributed by atoms with Gasteiger partial charge in [0.05, 0.1) is 6.07 Å². The summed E-state index contributed by atoms with van der Waals surface area (Å²) >= 11 is 0. The van der Waals surface area contributed by atoms with E-state index in [-0.39, 0.29) is 12.4 Å². The van der Waals surface area contributed by atoms with Crippen LogP contribution in [0.4, 0.5) is 4.39 Å². The number of nitrogens with one attached hydrogen (secondary N) is 1. The largest absolute Gasteiger partial charge is 0.299 e. The van der Waals surface area contributed by atoms with Gasteiger partial charge >= 0.3 is 0 Å². The van der Waals surface area contributed by atoms with Crippen LogP contribution in [0, 0.1) is 17.1 Å². The number of nitrogens with zero attached hydrogens (tertiary/aromatic N) is 4. The summed E-state index contributed by atoms with van der Waals surface area (Å²) in [6.45, 7) is 2.41. The van der Waals surface area contributed by atoms with E-state index in [4.69, 9.17) is 10.8 Å². The molecule has 0 amide bonds. The van der Waals surface area contributed by atoms with Crippen LogP contribution >= 0.6 is 0 Å². The first-order valence-corrected chi connectivity index (χ1v) is 5.51. The van der Waals surface area contributed by atoms with Crippen molar-refractivity contribution in [3.05, 3.63) is 46.1 Å². The van der Waals surface area contributed by atoms with Crippen LogP contribution in [0.25, 0.3) is 10.4 Å². The molecule has 0 radical (unpaired) electrons. The molecule has 0 aliphatic heterocycles. The Bertz CT molecular complexity index is 489. The Morgan fingerprint density at radius 2 is 2.39 bits per heavy atom. The third-order valence-electron chi connectivity index (χ3n) is 2.48. The highest BCUT2D eigenvalue weighted by Crippen LogP contribution is 2.13. The molecule has 94 valence electrons. The molecule has 6 heteroatoms. The molecule has 1 rings (SSSR count). The lowest BCUT2D eigenvalue weighted by Gasteiger charge is -2.23. The maximum Gasteiger partial charge on any atom is 0.123 e. The Hall–Kier alpha value is -2.09. The van der Waals surface area contributed by atoms with E-state index >= 15 is 0 Å². The van der Waals surface area contributed by atoms with Gasteiger partial charge in [-0.05, 0) is 30.2 Å². The van der Waals surface area contributed by atoms with Gasteiger partial charge in [-0.3, -0.25) is 5.32 Å². The first-order valence-electron chi connectivity index (χ1n) is 5.51. The molecule has 0 bridgehead atoms. The molecule has 1 aromatic rings. The summed E-state index contributed by atoms with van der Waals surface area (Å²) in [6, 6.07) is 8.31. The smallest absolute Gasteiger partial charge is 0.123 e. The highest BCUT2D eigenvalue weighted by atomic mass is 19.1. The number of hydrogen-bond donors (Lipinski definition) is 1. The number of nitriles is 1. The molecule has 0 aliphatic carbocycles. The van der Waals surface area contributed by atoms with Crippen LogP contribution in [-0.4, -0.2) is 18.6 Å². The second-order valence-corrected chi connectivity index (χ2v) is 4.13. The molecular formula is C12H14FN5. The lowest BCUT2D eigenvalue weighted by molar-refractivity contribution is 0.450. The number of halogens is 1. The predicted octanol–water partition coefficient (Wildman–Crippen LogP) is 2.55. The zero-order chi connectivity index (χ0) is 13.4. The second kappa shape index (κ2) is 6.60. The van der Waals surface area contributed by atoms with Crippen molar-refractivity contribution in [2.75, 3.05) is 13.1 Å². The summed E-state index contributed by atoms with van der Waals surface area (Å²) < 4.78 is 13.0. The summed E-state index contributed by atoms with van der Waals surface area (Å²) in [7, 11) is 0. The average molecular weight is 247 g/mol. The summed E-state index contributed by atoms with van der Waals surface area (Å²) in [5.41, 5.74) is 8.08. The molecule has 0 aromatic heterocycles. The quantitative estimate of drug-likeness (QED) is 0.362. The minimum atomic E-state index is -0.807. The zero-order valence-corrected chi connectivity index (χ0v) is 10.1. The Morgan fingerprint density at radius 3 is 3.00 bits per heavy atom. The zero-order valence-electron chi connectivity index (χ0n) is 10.1. The maximum atomic E-state index is 13.0. The van der Waals surface area contributed by atoms with E-state index in [1.807, 2.05) is 0 Å². The van der Waals surface area contributed by atoms with E-state index in [9.17, 15) is 4.39 Å². The van der Waals surface area contributed by atoms with Gasteiger partial charge in [-0.25, -0.2) is 4.39 Å². The van der Waals surface area contributed by atoms with Crippen LogP contribution in [0.2, 0.25) is 0 Å². The number of rotatable bonds is 6. The van der Waals surface area contributed by atoms with Crippen molar-refractivity contribution in [1.82, 2.24) is 5.32 Å². The van der Waals surface area contributed by atoms with Crippen LogP contribution in [0.15, 0.2) is 29.4 Å². The summed E-state index contributed by atoms with van der Waals surface area (Å²) in [5, 5.41) is 15.5. The Balaban J connectivity index is 2.65. The number of hydrogen-bond acceptors (Lipinski definition) is 3. The minimum Gasteiger partial charge on any atom is -0.299 e. The Morgan fingerprint density at radius 1 is 1.61 bits per heavy atom. The highest BCUT2D eigenvalue weighted by Gasteiger charge is 2.23. The van der Waals surface area contributed by atoms with Crippen LogP contribution in [-0.2, 0) is 6.42 Å². The van der Waals surface area contributed by atoms with Crippen molar-refractivity contribution in [2.24, 2.45) is 5.11 Å². The van der Waals surface area contributed by atoms with E-state index in [0.29, 0.717) is 13.0 Å². The van der Waals surface area contributed by atoms with Crippen molar-refractivity contribution in [3.8, 4) is 6.07 Å². The summed E-state index contributed by atoms with van der Waals surface area (Å²) in [5.74, 6) is -0.318. The van der Waals surface area contributed by atoms with E-state index in [1.165, 1.54) is 12.1 Å². The van der Waals surface area contributed by atoms with Crippen molar-refractivity contribution < 1.29 is 4.39 Å². The van der Waals surface area contributed by atoms with E-state index in [1.54, 1.807) is 19.1 Å². The third kappa shape index (κ3) is 4.42. The molecular weight excluding hydrogens is 233 g/mol. The fourth-order valence-corrected chi connectivity index (χ4v) is 1.62. The Labute approximate surface area is 105 Å². The van der Waals surface area contributed by atoms with Gasteiger partial charge in [0.25, 0.3) is 0 Å². The SMILES string of the molecule is CC(C#N)(Cc1cccc(F)c1)NCCN=[N+]=[N-]. The predicted molar refractivity (Wildman–Crippen MR) is 66.1 cm³/mol. The normalized spacial score (nSPS) is 13.2. The van der Waals surface area contributed by atoms with Crippen molar-refractivity contribution in [1.29, 1.82) is 5.26 Å². The fraction of sp³-hybridized carbons (Fsp3) is 0.417. The third-order valence-corrected chi connectivity index (χ3v) is 2.48.